The smallest absolute Gasteiger partial charge is 0.338 e. The Balaban J connectivity index is 2.25. The Labute approximate surface area is 123 Å². The molecule has 4 heteroatoms. The number of anilines is 2. The minimum atomic E-state index is -0.533. The van der Waals surface area contributed by atoms with E-state index in [0.717, 1.165) is 17.3 Å². The third kappa shape index (κ3) is 3.48. The van der Waals surface area contributed by atoms with Gasteiger partial charge in [-0.15, -0.1) is 0 Å². The number of hydrogen-bond donors (Lipinski definition) is 1. The molecule has 0 bridgehead atoms. The van der Waals surface area contributed by atoms with E-state index in [0.29, 0.717) is 0 Å². The standard InChI is InChI=1S/C17H16FNO2/c1-3-12-7-5-6-8-15(12)19-16-10-9-13(11-14(16)18)17(20)21-4-2/h3,5-11,19H,1,4H2,2H3. The van der Waals surface area contributed by atoms with Gasteiger partial charge in [0.2, 0.25) is 0 Å². The van der Waals surface area contributed by atoms with Crippen molar-refractivity contribution in [2.24, 2.45) is 0 Å². The van der Waals surface area contributed by atoms with Gasteiger partial charge in [-0.25, -0.2) is 9.18 Å². The fraction of sp³-hybridized carbons (Fsp3) is 0.118. The number of para-hydroxylation sites is 1. The van der Waals surface area contributed by atoms with E-state index >= 15 is 0 Å². The van der Waals surface area contributed by atoms with Crippen molar-refractivity contribution >= 4 is 23.4 Å². The van der Waals surface area contributed by atoms with Crippen LogP contribution in [0.5, 0.6) is 0 Å². The summed E-state index contributed by atoms with van der Waals surface area (Å²) >= 11 is 0. The highest BCUT2D eigenvalue weighted by Gasteiger charge is 2.11. The average molecular weight is 285 g/mol. The molecule has 0 aromatic heterocycles. The Kier molecular flexibility index (Phi) is 4.72. The van der Waals surface area contributed by atoms with Gasteiger partial charge in [-0.05, 0) is 36.8 Å². The molecule has 0 unspecified atom stereocenters. The maximum atomic E-state index is 14.1. The molecule has 2 rings (SSSR count). The van der Waals surface area contributed by atoms with Gasteiger partial charge >= 0.3 is 5.97 Å². The van der Waals surface area contributed by atoms with E-state index < -0.39 is 11.8 Å². The SMILES string of the molecule is C=Cc1ccccc1Nc1ccc(C(=O)OCC)cc1F. The van der Waals surface area contributed by atoms with Crippen molar-refractivity contribution in [3.63, 3.8) is 0 Å². The molecule has 0 aliphatic rings. The molecule has 0 spiro atoms. The molecule has 2 aromatic carbocycles. The van der Waals surface area contributed by atoms with Crippen LogP contribution in [0.2, 0.25) is 0 Å². The van der Waals surface area contributed by atoms with E-state index in [2.05, 4.69) is 11.9 Å². The summed E-state index contributed by atoms with van der Waals surface area (Å²) < 4.78 is 18.9. The van der Waals surface area contributed by atoms with Crippen molar-refractivity contribution in [1.29, 1.82) is 0 Å². The first-order valence-corrected chi connectivity index (χ1v) is 6.61. The second kappa shape index (κ2) is 6.70. The molecule has 0 atom stereocenters. The predicted molar refractivity (Wildman–Crippen MR) is 82.2 cm³/mol. The van der Waals surface area contributed by atoms with Crippen LogP contribution in [0.15, 0.2) is 49.0 Å². The van der Waals surface area contributed by atoms with Gasteiger partial charge < -0.3 is 10.1 Å². The summed E-state index contributed by atoms with van der Waals surface area (Å²) in [5.41, 5.74) is 2.09. The minimum Gasteiger partial charge on any atom is -0.462 e. The van der Waals surface area contributed by atoms with Crippen LogP contribution < -0.4 is 5.32 Å². The number of esters is 1. The molecule has 0 radical (unpaired) electrons. The van der Waals surface area contributed by atoms with Crippen molar-refractivity contribution in [1.82, 2.24) is 0 Å². The molecule has 1 N–H and O–H groups in total. The normalized spacial score (nSPS) is 10.0. The van der Waals surface area contributed by atoms with Crippen LogP contribution in [-0.4, -0.2) is 12.6 Å². The lowest BCUT2D eigenvalue weighted by atomic mass is 10.1. The molecule has 0 saturated heterocycles. The quantitative estimate of drug-likeness (QED) is 0.828. The predicted octanol–water partition coefficient (Wildman–Crippen LogP) is 4.39. The fourth-order valence-electron chi connectivity index (χ4n) is 1.89. The Hall–Kier alpha value is -2.62. The zero-order valence-corrected chi connectivity index (χ0v) is 11.7. The van der Waals surface area contributed by atoms with Gasteiger partial charge in [-0.2, -0.15) is 0 Å². The molecule has 108 valence electrons. The Morgan fingerprint density at radius 2 is 2.05 bits per heavy atom. The zero-order valence-electron chi connectivity index (χ0n) is 11.7. The molecular formula is C17H16FNO2. The maximum Gasteiger partial charge on any atom is 0.338 e. The molecular weight excluding hydrogens is 269 g/mol. The zero-order chi connectivity index (χ0) is 15.2. The molecule has 0 heterocycles. The van der Waals surface area contributed by atoms with E-state index in [4.69, 9.17) is 4.74 Å². The number of carbonyl (C=O) groups is 1. The van der Waals surface area contributed by atoms with Gasteiger partial charge in [0.25, 0.3) is 0 Å². The lowest BCUT2D eigenvalue weighted by molar-refractivity contribution is 0.0526. The lowest BCUT2D eigenvalue weighted by Gasteiger charge is -2.11. The summed E-state index contributed by atoms with van der Waals surface area (Å²) in [6, 6.07) is 11.6. The van der Waals surface area contributed by atoms with Crippen LogP contribution in [0.25, 0.3) is 6.08 Å². The highest BCUT2D eigenvalue weighted by atomic mass is 19.1. The number of carbonyl (C=O) groups excluding carboxylic acids is 1. The van der Waals surface area contributed by atoms with Gasteiger partial charge in [-0.1, -0.05) is 30.9 Å². The van der Waals surface area contributed by atoms with Gasteiger partial charge in [-0.3, -0.25) is 0 Å². The van der Waals surface area contributed by atoms with E-state index in [-0.39, 0.29) is 17.9 Å². The van der Waals surface area contributed by atoms with Crippen molar-refractivity contribution in [3.8, 4) is 0 Å². The number of ether oxygens (including phenoxy) is 1. The molecule has 0 aliphatic heterocycles. The molecule has 0 saturated carbocycles. The van der Waals surface area contributed by atoms with Crippen molar-refractivity contribution in [2.45, 2.75) is 6.92 Å². The van der Waals surface area contributed by atoms with Crippen LogP contribution in [0.1, 0.15) is 22.8 Å². The second-order valence-corrected chi connectivity index (χ2v) is 4.33. The van der Waals surface area contributed by atoms with Crippen LogP contribution >= 0.6 is 0 Å². The summed E-state index contributed by atoms with van der Waals surface area (Å²) in [4.78, 5) is 11.5. The summed E-state index contributed by atoms with van der Waals surface area (Å²) in [5.74, 6) is -1.05. The Bertz CT molecular complexity index is 668. The first kappa shape index (κ1) is 14.8. The number of halogens is 1. The average Bonchev–Trinajstić information content (AvgIpc) is 2.50. The van der Waals surface area contributed by atoms with Crippen LogP contribution in [-0.2, 0) is 4.74 Å². The first-order valence-electron chi connectivity index (χ1n) is 6.61. The van der Waals surface area contributed by atoms with Gasteiger partial charge in [0.1, 0.15) is 5.82 Å². The summed E-state index contributed by atoms with van der Waals surface area (Å²) in [6.45, 7) is 5.68. The minimum absolute atomic E-state index is 0.192. The molecule has 0 aliphatic carbocycles. The third-order valence-corrected chi connectivity index (χ3v) is 2.93. The Morgan fingerprint density at radius 3 is 2.71 bits per heavy atom. The van der Waals surface area contributed by atoms with Crippen LogP contribution in [0, 0.1) is 5.82 Å². The van der Waals surface area contributed by atoms with E-state index in [9.17, 15) is 9.18 Å². The lowest BCUT2D eigenvalue weighted by Crippen LogP contribution is -2.05. The highest BCUT2D eigenvalue weighted by molar-refractivity contribution is 5.90. The number of rotatable bonds is 5. The molecule has 21 heavy (non-hydrogen) atoms. The van der Waals surface area contributed by atoms with Crippen molar-refractivity contribution < 1.29 is 13.9 Å². The van der Waals surface area contributed by atoms with Crippen molar-refractivity contribution in [3.05, 3.63) is 66.0 Å². The monoisotopic (exact) mass is 285 g/mol. The maximum absolute atomic E-state index is 14.1. The molecule has 2 aromatic rings. The fourth-order valence-corrected chi connectivity index (χ4v) is 1.89. The number of nitrogens with one attached hydrogen (secondary N) is 1. The number of hydrogen-bond acceptors (Lipinski definition) is 3. The van der Waals surface area contributed by atoms with Crippen LogP contribution in [0.3, 0.4) is 0 Å². The first-order chi connectivity index (χ1) is 10.2. The topological polar surface area (TPSA) is 38.3 Å². The largest absolute Gasteiger partial charge is 0.462 e. The van der Waals surface area contributed by atoms with Gasteiger partial charge in [0.15, 0.2) is 0 Å². The van der Waals surface area contributed by atoms with Gasteiger partial charge in [0, 0.05) is 5.69 Å². The second-order valence-electron chi connectivity index (χ2n) is 4.33. The van der Waals surface area contributed by atoms with E-state index in [1.807, 2.05) is 24.3 Å². The van der Waals surface area contributed by atoms with Gasteiger partial charge in [0.05, 0.1) is 17.9 Å². The Morgan fingerprint density at radius 1 is 1.29 bits per heavy atom. The third-order valence-electron chi connectivity index (χ3n) is 2.93. The van der Waals surface area contributed by atoms with E-state index in [1.165, 1.54) is 12.1 Å². The van der Waals surface area contributed by atoms with Crippen molar-refractivity contribution in [2.75, 3.05) is 11.9 Å². The number of benzene rings is 2. The van der Waals surface area contributed by atoms with E-state index in [1.54, 1.807) is 13.0 Å². The molecule has 0 amide bonds. The van der Waals surface area contributed by atoms with Crippen LogP contribution in [0.4, 0.5) is 15.8 Å². The summed E-state index contributed by atoms with van der Waals surface area (Å²) in [5, 5.41) is 2.99. The summed E-state index contributed by atoms with van der Waals surface area (Å²) in [6.07, 6.45) is 1.69. The summed E-state index contributed by atoms with van der Waals surface area (Å²) in [7, 11) is 0. The highest BCUT2D eigenvalue weighted by Crippen LogP contribution is 2.24. The molecule has 3 nitrogen and oxygen atoms in total. The molecule has 0 fully saturated rings.